The molecule has 3 aromatic rings. The van der Waals surface area contributed by atoms with Gasteiger partial charge in [0.05, 0.1) is 11.6 Å². The van der Waals surface area contributed by atoms with Crippen molar-refractivity contribution in [2.45, 2.75) is 0 Å². The van der Waals surface area contributed by atoms with Crippen molar-refractivity contribution in [3.63, 3.8) is 0 Å². The summed E-state index contributed by atoms with van der Waals surface area (Å²) in [5.41, 5.74) is 0.848. The lowest BCUT2D eigenvalue weighted by atomic mass is 10.4. The van der Waals surface area contributed by atoms with Crippen molar-refractivity contribution in [1.82, 2.24) is 29.8 Å². The van der Waals surface area contributed by atoms with E-state index in [0.717, 1.165) is 5.39 Å². The number of nitrogens with zero attached hydrogens (tertiary/aromatic N) is 4. The van der Waals surface area contributed by atoms with Crippen LogP contribution in [0.4, 0.5) is 0 Å². The minimum atomic E-state index is -0.300. The minimum Gasteiger partial charge on any atom is -0.261 e. The summed E-state index contributed by atoms with van der Waals surface area (Å²) in [5, 5.41) is 13.4. The average molecular weight is 176 g/mol. The van der Waals surface area contributed by atoms with Crippen LogP contribution in [0.1, 0.15) is 0 Å². The highest BCUT2D eigenvalue weighted by Gasteiger charge is 2.06. The van der Waals surface area contributed by atoms with Crippen LogP contribution in [0.2, 0.25) is 0 Å². The lowest BCUT2D eigenvalue weighted by molar-refractivity contribution is 0.998. The van der Waals surface area contributed by atoms with Gasteiger partial charge in [-0.3, -0.25) is 5.10 Å². The molecule has 7 nitrogen and oxygen atoms in total. The largest absolute Gasteiger partial charge is 0.348 e. The third-order valence-corrected chi connectivity index (χ3v) is 1.87. The smallest absolute Gasteiger partial charge is 0.261 e. The van der Waals surface area contributed by atoms with Gasteiger partial charge in [0.2, 0.25) is 0 Å². The number of aromatic amines is 2. The lowest BCUT2D eigenvalue weighted by Crippen LogP contribution is -2.09. The zero-order valence-electron chi connectivity index (χ0n) is 6.35. The molecule has 2 N–H and O–H groups in total. The Morgan fingerprint density at radius 3 is 3.23 bits per heavy atom. The van der Waals surface area contributed by atoms with E-state index in [2.05, 4.69) is 25.4 Å². The van der Waals surface area contributed by atoms with Crippen molar-refractivity contribution in [3.8, 4) is 0 Å². The highest BCUT2D eigenvalue weighted by atomic mass is 16.1. The van der Waals surface area contributed by atoms with Gasteiger partial charge in [0, 0.05) is 0 Å². The molecule has 0 saturated carbocycles. The van der Waals surface area contributed by atoms with Crippen LogP contribution in [-0.2, 0) is 0 Å². The van der Waals surface area contributed by atoms with E-state index >= 15 is 0 Å². The Bertz CT molecular complexity index is 631. The van der Waals surface area contributed by atoms with Crippen molar-refractivity contribution >= 4 is 16.7 Å². The third-order valence-electron chi connectivity index (χ3n) is 1.87. The first kappa shape index (κ1) is 6.35. The number of fused-ring (bicyclic) bond motifs is 3. The van der Waals surface area contributed by atoms with E-state index < -0.39 is 0 Å². The molecule has 0 amide bonds. The molecule has 0 fully saturated rings. The summed E-state index contributed by atoms with van der Waals surface area (Å²) < 4.78 is 1.33. The quantitative estimate of drug-likeness (QED) is 0.473. The fraction of sp³-hybridized carbons (Fsp3) is 0. The molecule has 0 spiro atoms. The summed E-state index contributed by atoms with van der Waals surface area (Å²) in [6, 6.07) is 0. The van der Waals surface area contributed by atoms with Crippen LogP contribution in [0, 0.1) is 0 Å². The van der Waals surface area contributed by atoms with Gasteiger partial charge in [0.15, 0.2) is 11.3 Å². The summed E-state index contributed by atoms with van der Waals surface area (Å²) in [5.74, 6) is 0. The van der Waals surface area contributed by atoms with Gasteiger partial charge in [-0.25, -0.2) is 19.3 Å². The number of hydrogen-bond acceptors (Lipinski definition) is 4. The number of rotatable bonds is 0. The summed E-state index contributed by atoms with van der Waals surface area (Å²) >= 11 is 0. The van der Waals surface area contributed by atoms with Crippen LogP contribution in [0.25, 0.3) is 16.7 Å². The van der Waals surface area contributed by atoms with Gasteiger partial charge < -0.3 is 0 Å². The van der Waals surface area contributed by atoms with Crippen LogP contribution in [-0.4, -0.2) is 29.8 Å². The molecule has 0 atom stereocenters. The predicted octanol–water partition coefficient (Wildman–Crippen LogP) is -0.706. The van der Waals surface area contributed by atoms with Crippen LogP contribution in [0.5, 0.6) is 0 Å². The fourth-order valence-corrected chi connectivity index (χ4v) is 1.26. The second-order valence-electron chi connectivity index (χ2n) is 2.60. The molecule has 0 unspecified atom stereocenters. The maximum Gasteiger partial charge on any atom is 0.348 e. The zero-order valence-corrected chi connectivity index (χ0v) is 6.35. The first-order valence-electron chi connectivity index (χ1n) is 3.61. The van der Waals surface area contributed by atoms with Crippen LogP contribution in [0.15, 0.2) is 17.3 Å². The van der Waals surface area contributed by atoms with Gasteiger partial charge in [-0.2, -0.15) is 10.2 Å². The maximum absolute atomic E-state index is 11.1. The monoisotopic (exact) mass is 176 g/mol. The summed E-state index contributed by atoms with van der Waals surface area (Å²) in [6.45, 7) is 0. The second kappa shape index (κ2) is 1.94. The van der Waals surface area contributed by atoms with Crippen LogP contribution in [0.3, 0.4) is 0 Å². The number of aromatic nitrogens is 6. The molecule has 0 aromatic carbocycles. The van der Waals surface area contributed by atoms with Crippen molar-refractivity contribution < 1.29 is 0 Å². The van der Waals surface area contributed by atoms with Gasteiger partial charge in [-0.15, -0.1) is 0 Å². The molecule has 0 saturated heterocycles. The van der Waals surface area contributed by atoms with E-state index in [1.807, 2.05) is 0 Å². The molecule has 0 aliphatic heterocycles. The first-order valence-corrected chi connectivity index (χ1v) is 3.61. The number of nitrogens with one attached hydrogen (secondary N) is 2. The van der Waals surface area contributed by atoms with Gasteiger partial charge in [-0.05, 0) is 0 Å². The highest BCUT2D eigenvalue weighted by molar-refractivity contribution is 5.87. The molecule has 0 radical (unpaired) electrons. The fourth-order valence-electron chi connectivity index (χ4n) is 1.26. The first-order chi connectivity index (χ1) is 6.36. The van der Waals surface area contributed by atoms with Crippen molar-refractivity contribution in [2.75, 3.05) is 0 Å². The van der Waals surface area contributed by atoms with E-state index in [9.17, 15) is 4.79 Å². The Hall–Kier alpha value is -2.18. The SMILES string of the molecule is O=c1[nH]nc2c3cn[nH]c3ncn12. The molecular weight excluding hydrogens is 172 g/mol. The molecule has 64 valence electrons. The topological polar surface area (TPSA) is 91.7 Å². The van der Waals surface area contributed by atoms with E-state index in [4.69, 9.17) is 0 Å². The maximum atomic E-state index is 11.1. The summed E-state index contributed by atoms with van der Waals surface area (Å²) in [4.78, 5) is 15.1. The van der Waals surface area contributed by atoms with E-state index in [-0.39, 0.29) is 5.69 Å². The molecule has 7 heteroatoms. The van der Waals surface area contributed by atoms with Crippen LogP contribution < -0.4 is 5.69 Å². The van der Waals surface area contributed by atoms with Crippen molar-refractivity contribution in [2.24, 2.45) is 0 Å². The minimum absolute atomic E-state index is 0.300. The molecular formula is C6H4N6O. The van der Waals surface area contributed by atoms with E-state index in [1.165, 1.54) is 10.7 Å². The molecule has 3 rings (SSSR count). The summed E-state index contributed by atoms with van der Waals surface area (Å²) in [7, 11) is 0. The standard InChI is InChI=1S/C6H4N6O/c13-6-11-10-5-3-1-8-9-4(3)7-2-12(5)6/h1-2H,(H,8,9)(H,11,13). The highest BCUT2D eigenvalue weighted by Crippen LogP contribution is 2.09. The van der Waals surface area contributed by atoms with Gasteiger partial charge in [0.25, 0.3) is 0 Å². The predicted molar refractivity (Wildman–Crippen MR) is 43.3 cm³/mol. The van der Waals surface area contributed by atoms with E-state index in [0.29, 0.717) is 11.3 Å². The Morgan fingerprint density at radius 1 is 1.38 bits per heavy atom. The Morgan fingerprint density at radius 2 is 2.31 bits per heavy atom. The second-order valence-corrected chi connectivity index (χ2v) is 2.60. The van der Waals surface area contributed by atoms with Crippen LogP contribution >= 0.6 is 0 Å². The summed E-state index contributed by atoms with van der Waals surface area (Å²) in [6.07, 6.45) is 2.99. The Labute approximate surface area is 70.4 Å². The number of H-pyrrole nitrogens is 2. The van der Waals surface area contributed by atoms with Gasteiger partial charge >= 0.3 is 5.69 Å². The Kier molecular flexibility index (Phi) is 0.950. The molecule has 13 heavy (non-hydrogen) atoms. The Balaban J connectivity index is 2.74. The number of hydrogen-bond donors (Lipinski definition) is 2. The zero-order chi connectivity index (χ0) is 8.84. The third kappa shape index (κ3) is 0.675. The normalized spacial score (nSPS) is 11.4. The lowest BCUT2D eigenvalue weighted by Gasteiger charge is -1.89. The molecule has 0 aliphatic carbocycles. The van der Waals surface area contributed by atoms with E-state index in [1.54, 1.807) is 6.20 Å². The van der Waals surface area contributed by atoms with Gasteiger partial charge in [-0.1, -0.05) is 0 Å². The van der Waals surface area contributed by atoms with Gasteiger partial charge in [0.1, 0.15) is 6.33 Å². The van der Waals surface area contributed by atoms with Crippen molar-refractivity contribution in [1.29, 1.82) is 0 Å². The molecule has 0 aliphatic rings. The van der Waals surface area contributed by atoms with Crippen molar-refractivity contribution in [3.05, 3.63) is 23.0 Å². The molecule has 3 heterocycles. The average Bonchev–Trinajstić information content (AvgIpc) is 2.70. The molecule has 3 aromatic heterocycles. The molecule has 0 bridgehead atoms.